The standard InChI is InChI=1S/C13H27N3S/c1-11(2)15-4-6-16(7-5-15)13(9-14)12-3-8-17-10-12/h11-13H,3-10,14H2,1-2H3. The number of piperazine rings is 1. The maximum atomic E-state index is 6.01. The fourth-order valence-corrected chi connectivity index (χ4v) is 4.41. The van der Waals surface area contributed by atoms with Crippen LogP contribution < -0.4 is 5.73 Å². The normalized spacial score (nSPS) is 30.0. The van der Waals surface area contributed by atoms with Gasteiger partial charge in [-0.25, -0.2) is 0 Å². The molecule has 0 aromatic rings. The number of hydrogen-bond acceptors (Lipinski definition) is 4. The molecule has 0 spiro atoms. The molecule has 2 N–H and O–H groups in total. The van der Waals surface area contributed by atoms with E-state index < -0.39 is 0 Å². The Hall–Kier alpha value is 0.230. The van der Waals surface area contributed by atoms with Gasteiger partial charge in [-0.15, -0.1) is 0 Å². The predicted octanol–water partition coefficient (Wildman–Crippen LogP) is 1.09. The Bertz CT molecular complexity index is 221. The smallest absolute Gasteiger partial charge is 0.0255 e. The van der Waals surface area contributed by atoms with Crippen LogP contribution in [-0.2, 0) is 0 Å². The highest BCUT2D eigenvalue weighted by atomic mass is 32.2. The lowest BCUT2D eigenvalue weighted by Crippen LogP contribution is -2.55. The Labute approximate surface area is 110 Å². The van der Waals surface area contributed by atoms with Gasteiger partial charge in [-0.2, -0.15) is 11.8 Å². The van der Waals surface area contributed by atoms with Gasteiger partial charge in [-0.05, 0) is 37.7 Å². The van der Waals surface area contributed by atoms with Crippen LogP contribution in [0.5, 0.6) is 0 Å². The number of nitrogens with zero attached hydrogens (tertiary/aromatic N) is 2. The first-order valence-electron chi connectivity index (χ1n) is 6.98. The van der Waals surface area contributed by atoms with Gasteiger partial charge in [0.15, 0.2) is 0 Å². The highest BCUT2D eigenvalue weighted by molar-refractivity contribution is 7.99. The zero-order valence-electron chi connectivity index (χ0n) is 11.3. The molecule has 100 valence electrons. The summed E-state index contributed by atoms with van der Waals surface area (Å²) in [7, 11) is 0. The van der Waals surface area contributed by atoms with E-state index in [2.05, 4.69) is 35.4 Å². The van der Waals surface area contributed by atoms with Crippen LogP contribution in [0.4, 0.5) is 0 Å². The van der Waals surface area contributed by atoms with Crippen molar-refractivity contribution in [2.24, 2.45) is 11.7 Å². The van der Waals surface area contributed by atoms with Crippen LogP contribution in [0.15, 0.2) is 0 Å². The van der Waals surface area contributed by atoms with Crippen LogP contribution in [-0.4, -0.2) is 66.1 Å². The van der Waals surface area contributed by atoms with Gasteiger partial charge in [-0.3, -0.25) is 9.80 Å². The minimum atomic E-state index is 0.638. The largest absolute Gasteiger partial charge is 0.329 e. The summed E-state index contributed by atoms with van der Waals surface area (Å²) in [6, 6.07) is 1.33. The molecule has 0 radical (unpaired) electrons. The zero-order chi connectivity index (χ0) is 12.3. The maximum Gasteiger partial charge on any atom is 0.0255 e. The van der Waals surface area contributed by atoms with Crippen LogP contribution in [0.2, 0.25) is 0 Å². The van der Waals surface area contributed by atoms with Crippen molar-refractivity contribution in [1.29, 1.82) is 0 Å². The molecule has 0 aliphatic carbocycles. The van der Waals surface area contributed by atoms with Gasteiger partial charge in [0.1, 0.15) is 0 Å². The van der Waals surface area contributed by atoms with Crippen molar-refractivity contribution in [2.75, 3.05) is 44.2 Å². The van der Waals surface area contributed by atoms with Crippen LogP contribution in [0.1, 0.15) is 20.3 Å². The first-order valence-corrected chi connectivity index (χ1v) is 8.13. The maximum absolute atomic E-state index is 6.01. The average molecular weight is 257 g/mol. The molecular weight excluding hydrogens is 230 g/mol. The van der Waals surface area contributed by atoms with Crippen molar-refractivity contribution in [3.8, 4) is 0 Å². The Morgan fingerprint density at radius 3 is 2.29 bits per heavy atom. The molecule has 0 aromatic heterocycles. The molecule has 2 aliphatic rings. The molecule has 0 aromatic carbocycles. The number of hydrogen-bond donors (Lipinski definition) is 1. The van der Waals surface area contributed by atoms with E-state index in [0.29, 0.717) is 12.1 Å². The van der Waals surface area contributed by atoms with E-state index in [0.717, 1.165) is 12.5 Å². The van der Waals surface area contributed by atoms with Gasteiger partial charge in [-0.1, -0.05) is 0 Å². The molecule has 2 rings (SSSR count). The van der Waals surface area contributed by atoms with Gasteiger partial charge < -0.3 is 5.73 Å². The molecule has 2 heterocycles. The Balaban J connectivity index is 1.85. The summed E-state index contributed by atoms with van der Waals surface area (Å²) in [5.41, 5.74) is 6.01. The average Bonchev–Trinajstić information content (AvgIpc) is 2.84. The topological polar surface area (TPSA) is 32.5 Å². The third kappa shape index (κ3) is 3.37. The van der Waals surface area contributed by atoms with Crippen LogP contribution in [0.25, 0.3) is 0 Å². The predicted molar refractivity (Wildman–Crippen MR) is 76.6 cm³/mol. The summed E-state index contributed by atoms with van der Waals surface area (Å²) in [6.07, 6.45) is 1.37. The molecule has 0 amide bonds. The van der Waals surface area contributed by atoms with Crippen molar-refractivity contribution in [3.05, 3.63) is 0 Å². The monoisotopic (exact) mass is 257 g/mol. The highest BCUT2D eigenvalue weighted by Gasteiger charge is 2.31. The fourth-order valence-electron chi connectivity index (χ4n) is 3.08. The number of rotatable bonds is 4. The van der Waals surface area contributed by atoms with Crippen molar-refractivity contribution in [1.82, 2.24) is 9.80 Å². The minimum absolute atomic E-state index is 0.638. The third-order valence-electron chi connectivity index (χ3n) is 4.30. The Morgan fingerprint density at radius 1 is 1.18 bits per heavy atom. The molecule has 2 aliphatic heterocycles. The van der Waals surface area contributed by atoms with Gasteiger partial charge in [0.05, 0.1) is 0 Å². The molecule has 2 unspecified atom stereocenters. The quantitative estimate of drug-likeness (QED) is 0.817. The van der Waals surface area contributed by atoms with Crippen molar-refractivity contribution in [2.45, 2.75) is 32.4 Å². The lowest BCUT2D eigenvalue weighted by molar-refractivity contribution is 0.0631. The van der Waals surface area contributed by atoms with E-state index in [1.165, 1.54) is 44.1 Å². The van der Waals surface area contributed by atoms with Crippen molar-refractivity contribution < 1.29 is 0 Å². The van der Waals surface area contributed by atoms with Crippen LogP contribution in [0, 0.1) is 5.92 Å². The Morgan fingerprint density at radius 2 is 1.82 bits per heavy atom. The van der Waals surface area contributed by atoms with E-state index in [9.17, 15) is 0 Å². The summed E-state index contributed by atoms with van der Waals surface area (Å²) in [6.45, 7) is 10.3. The molecule has 3 nitrogen and oxygen atoms in total. The Kier molecular flexibility index (Phi) is 5.15. The molecule has 4 heteroatoms. The molecule has 0 saturated carbocycles. The van der Waals surface area contributed by atoms with E-state index in [4.69, 9.17) is 5.73 Å². The SMILES string of the molecule is CC(C)N1CCN(C(CN)C2CCSC2)CC1. The number of thioether (sulfide) groups is 1. The second-order valence-corrected chi connectivity index (χ2v) is 6.74. The van der Waals surface area contributed by atoms with Crippen LogP contribution in [0.3, 0.4) is 0 Å². The lowest BCUT2D eigenvalue weighted by atomic mass is 9.97. The first kappa shape index (κ1) is 13.7. The lowest BCUT2D eigenvalue weighted by Gasteiger charge is -2.42. The van der Waals surface area contributed by atoms with Gasteiger partial charge in [0.2, 0.25) is 0 Å². The van der Waals surface area contributed by atoms with Gasteiger partial charge in [0, 0.05) is 44.8 Å². The molecule has 0 bridgehead atoms. The van der Waals surface area contributed by atoms with E-state index in [1.807, 2.05) is 0 Å². The molecule has 2 atom stereocenters. The zero-order valence-corrected chi connectivity index (χ0v) is 12.1. The summed E-state index contributed by atoms with van der Waals surface area (Å²) in [5, 5.41) is 0. The van der Waals surface area contributed by atoms with Crippen LogP contribution >= 0.6 is 11.8 Å². The third-order valence-corrected chi connectivity index (χ3v) is 5.49. The molecule has 17 heavy (non-hydrogen) atoms. The number of nitrogens with two attached hydrogens (primary N) is 1. The second kappa shape index (κ2) is 6.41. The van der Waals surface area contributed by atoms with E-state index in [-0.39, 0.29) is 0 Å². The summed E-state index contributed by atoms with van der Waals surface area (Å²) in [5.74, 6) is 3.51. The molecular formula is C13H27N3S. The van der Waals surface area contributed by atoms with E-state index >= 15 is 0 Å². The van der Waals surface area contributed by atoms with Crippen molar-refractivity contribution in [3.63, 3.8) is 0 Å². The van der Waals surface area contributed by atoms with E-state index in [1.54, 1.807) is 0 Å². The molecule has 2 fully saturated rings. The highest BCUT2D eigenvalue weighted by Crippen LogP contribution is 2.29. The first-order chi connectivity index (χ1) is 8.22. The van der Waals surface area contributed by atoms with Crippen molar-refractivity contribution >= 4 is 11.8 Å². The summed E-state index contributed by atoms with van der Waals surface area (Å²) >= 11 is 2.10. The molecule has 2 saturated heterocycles. The second-order valence-electron chi connectivity index (χ2n) is 5.59. The van der Waals surface area contributed by atoms with Gasteiger partial charge >= 0.3 is 0 Å². The van der Waals surface area contributed by atoms with Gasteiger partial charge in [0.25, 0.3) is 0 Å². The fraction of sp³-hybridized carbons (Fsp3) is 1.00. The summed E-state index contributed by atoms with van der Waals surface area (Å²) < 4.78 is 0. The minimum Gasteiger partial charge on any atom is -0.329 e. The summed E-state index contributed by atoms with van der Waals surface area (Å²) in [4.78, 5) is 5.23.